The van der Waals surface area contributed by atoms with Gasteiger partial charge in [0.2, 0.25) is 0 Å². The van der Waals surface area contributed by atoms with Crippen molar-refractivity contribution in [3.8, 4) is 17.2 Å². The second-order valence-corrected chi connectivity index (χ2v) is 16.0. The fourth-order valence-corrected chi connectivity index (χ4v) is 9.80. The number of nitrogens with zero attached hydrogens (tertiary/aromatic N) is 4. The van der Waals surface area contributed by atoms with Gasteiger partial charge in [-0.05, 0) is 92.8 Å². The van der Waals surface area contributed by atoms with E-state index < -0.39 is 5.82 Å². The van der Waals surface area contributed by atoms with Gasteiger partial charge in [0.15, 0.2) is 5.82 Å². The van der Waals surface area contributed by atoms with E-state index in [1.165, 1.54) is 37.4 Å². The molecule has 4 aliphatic heterocycles. The standard InChI is InChI=1S/C33H27Cl2FN6O2S.C5H9N/c1-17-22-14-25(31-19-12-20(39-31)16-41(15-19)45-27-10-3-2-9-26(27)42(43)44)40-32(22)23-13-18(6-5-11-37)28(30(36)33(23)38-17)21-7-4-8-24(34)29(21)35;1-4-2-5(1)6-3-4/h2-4,7-10,13-14,19-20,31,39-40H,5-6,12,15-16H2,1H3;4-6H,1-3H2. The minimum Gasteiger partial charge on any atom is -0.356 e. The van der Waals surface area contributed by atoms with E-state index in [4.69, 9.17) is 28.2 Å². The van der Waals surface area contributed by atoms with Gasteiger partial charge in [-0.3, -0.25) is 10.1 Å². The van der Waals surface area contributed by atoms with E-state index in [0.29, 0.717) is 44.1 Å². The number of hydrogen-bond donors (Lipinski definition) is 3. The lowest BCUT2D eigenvalue weighted by atomic mass is 9.87. The Morgan fingerprint density at radius 2 is 1.92 bits per heavy atom. The number of aromatic nitrogens is 2. The molecule has 0 amide bonds. The second kappa shape index (κ2) is 14.0. The zero-order valence-corrected chi connectivity index (χ0v) is 30.2. The molecule has 1 saturated carbocycles. The summed E-state index contributed by atoms with van der Waals surface area (Å²) in [5.74, 6) is 0.851. The molecule has 1 aliphatic carbocycles. The molecule has 3 atom stereocenters. The fraction of sp³-hybridized carbons (Fsp3) is 0.368. The summed E-state index contributed by atoms with van der Waals surface area (Å²) >= 11 is 14.3. The summed E-state index contributed by atoms with van der Waals surface area (Å²) in [6.45, 7) is 4.70. The number of para-hydroxylation sites is 1. The Bertz CT molecular complexity index is 2210. The van der Waals surface area contributed by atoms with Crippen LogP contribution in [-0.4, -0.2) is 50.9 Å². The van der Waals surface area contributed by atoms with Gasteiger partial charge in [0.1, 0.15) is 10.4 Å². The molecule has 13 heteroatoms. The van der Waals surface area contributed by atoms with E-state index in [9.17, 15) is 15.4 Å². The quantitative estimate of drug-likeness (QED) is 0.0858. The van der Waals surface area contributed by atoms with E-state index in [1.54, 1.807) is 30.3 Å². The molecule has 3 unspecified atom stereocenters. The Hall–Kier alpha value is -3.76. The SMILES string of the molecule is C1NC2CC1C2.Cc1nc2c(F)c(-c3cccc(Cl)c3Cl)c(CCC#N)cc2c2[nH]c(C3NC4CC3CN(Sc3ccccc3[N+](=O)[O-])C4)cc12. The van der Waals surface area contributed by atoms with Crippen molar-refractivity contribution >= 4 is 62.6 Å². The highest BCUT2D eigenvalue weighted by Gasteiger charge is 2.42. The van der Waals surface area contributed by atoms with Crippen LogP contribution in [0.2, 0.25) is 10.0 Å². The second-order valence-electron chi connectivity index (χ2n) is 14.0. The number of fused-ring (bicyclic) bond motifs is 6. The number of aromatic amines is 1. The monoisotopic (exact) mass is 743 g/mol. The average Bonchev–Trinajstić information content (AvgIpc) is 3.91. The van der Waals surface area contributed by atoms with Gasteiger partial charge < -0.3 is 15.6 Å². The number of rotatable bonds is 7. The summed E-state index contributed by atoms with van der Waals surface area (Å²) in [5, 5.41) is 30.2. The summed E-state index contributed by atoms with van der Waals surface area (Å²) in [6.07, 6.45) is 4.48. The van der Waals surface area contributed by atoms with E-state index >= 15 is 4.39 Å². The van der Waals surface area contributed by atoms with Gasteiger partial charge in [0.05, 0.1) is 32.6 Å². The first-order valence-corrected chi connectivity index (χ1v) is 18.8. The van der Waals surface area contributed by atoms with Crippen LogP contribution in [-0.2, 0) is 6.42 Å². The van der Waals surface area contributed by atoms with Crippen LogP contribution in [0, 0.1) is 46.0 Å². The molecule has 262 valence electrons. The molecule has 51 heavy (non-hydrogen) atoms. The first-order valence-electron chi connectivity index (χ1n) is 17.3. The number of nitro benzene ring substituents is 1. The van der Waals surface area contributed by atoms with E-state index in [2.05, 4.69) is 32.1 Å². The molecule has 4 bridgehead atoms. The zero-order valence-electron chi connectivity index (χ0n) is 27.9. The lowest BCUT2D eigenvalue weighted by Gasteiger charge is -2.30. The third kappa shape index (κ3) is 6.47. The molecule has 5 aliphatic rings. The normalized spacial score (nSPS) is 23.5. The minimum atomic E-state index is -0.497. The van der Waals surface area contributed by atoms with Gasteiger partial charge in [-0.2, -0.15) is 5.26 Å². The van der Waals surface area contributed by atoms with Crippen LogP contribution in [0.15, 0.2) is 59.5 Å². The molecule has 5 fully saturated rings. The smallest absolute Gasteiger partial charge is 0.284 e. The summed E-state index contributed by atoms with van der Waals surface area (Å²) in [6, 6.07) is 19.3. The van der Waals surface area contributed by atoms with Crippen molar-refractivity contribution in [2.45, 2.75) is 62.0 Å². The van der Waals surface area contributed by atoms with Crippen molar-refractivity contribution < 1.29 is 9.31 Å². The maximum Gasteiger partial charge on any atom is 0.284 e. The number of aryl methyl sites for hydroxylation is 2. The van der Waals surface area contributed by atoms with Crippen LogP contribution >= 0.6 is 35.1 Å². The maximum atomic E-state index is 16.5. The Balaban J connectivity index is 0.000000558. The molecular weight excluding hydrogens is 708 g/mol. The Labute approximate surface area is 309 Å². The van der Waals surface area contributed by atoms with Crippen molar-refractivity contribution in [3.05, 3.63) is 97.5 Å². The molecular formula is C38H36Cl2FN7O2S. The number of nitro groups is 1. The van der Waals surface area contributed by atoms with E-state index in [-0.39, 0.29) is 45.6 Å². The molecule has 6 heterocycles. The number of halogens is 3. The van der Waals surface area contributed by atoms with Gasteiger partial charge in [-0.1, -0.05) is 47.5 Å². The summed E-state index contributed by atoms with van der Waals surface area (Å²) in [4.78, 5) is 20.2. The van der Waals surface area contributed by atoms with Crippen LogP contribution in [0.25, 0.3) is 32.9 Å². The lowest BCUT2D eigenvalue weighted by molar-refractivity contribution is -0.387. The molecule has 9 nitrogen and oxygen atoms in total. The minimum absolute atomic E-state index is 0.0284. The highest BCUT2D eigenvalue weighted by molar-refractivity contribution is 7.97. The van der Waals surface area contributed by atoms with Crippen LogP contribution in [0.4, 0.5) is 10.1 Å². The Morgan fingerprint density at radius 3 is 2.65 bits per heavy atom. The predicted molar refractivity (Wildman–Crippen MR) is 200 cm³/mol. The highest BCUT2D eigenvalue weighted by atomic mass is 35.5. The average molecular weight is 745 g/mol. The van der Waals surface area contributed by atoms with Crippen LogP contribution in [0.1, 0.15) is 48.7 Å². The lowest BCUT2D eigenvalue weighted by Crippen LogP contribution is -2.37. The third-order valence-corrected chi connectivity index (χ3v) is 12.6. The summed E-state index contributed by atoms with van der Waals surface area (Å²) in [7, 11) is 0. The molecule has 5 aromatic rings. The molecule has 4 saturated heterocycles. The maximum absolute atomic E-state index is 16.5. The molecule has 0 radical (unpaired) electrons. The number of nitriles is 1. The van der Waals surface area contributed by atoms with Gasteiger partial charge in [-0.25, -0.2) is 13.7 Å². The van der Waals surface area contributed by atoms with Crippen molar-refractivity contribution in [2.24, 2.45) is 11.8 Å². The number of benzene rings is 3. The molecule has 3 N–H and O–H groups in total. The molecule has 10 rings (SSSR count). The topological polar surface area (TPSA) is 123 Å². The van der Waals surface area contributed by atoms with Crippen LogP contribution < -0.4 is 10.6 Å². The van der Waals surface area contributed by atoms with Crippen molar-refractivity contribution in [1.82, 2.24) is 24.9 Å². The predicted octanol–water partition coefficient (Wildman–Crippen LogP) is 8.91. The number of pyridine rings is 1. The van der Waals surface area contributed by atoms with Gasteiger partial charge in [-0.15, -0.1) is 0 Å². The van der Waals surface area contributed by atoms with Crippen molar-refractivity contribution in [2.75, 3.05) is 19.6 Å². The summed E-state index contributed by atoms with van der Waals surface area (Å²) in [5.41, 5.74) is 4.26. The molecule has 0 spiro atoms. The zero-order chi connectivity index (χ0) is 35.4. The number of nitrogens with one attached hydrogen (secondary N) is 3. The molecule has 2 aromatic heterocycles. The first-order chi connectivity index (χ1) is 24.7. The fourth-order valence-electron chi connectivity index (χ4n) is 8.23. The number of hydrogen-bond acceptors (Lipinski definition) is 8. The van der Waals surface area contributed by atoms with E-state index in [0.717, 1.165) is 48.1 Å². The van der Waals surface area contributed by atoms with Gasteiger partial charge >= 0.3 is 0 Å². The first kappa shape index (κ1) is 34.3. The molecule has 3 aromatic carbocycles. The Kier molecular flexibility index (Phi) is 9.42. The third-order valence-electron chi connectivity index (χ3n) is 10.7. The van der Waals surface area contributed by atoms with Gasteiger partial charge in [0.25, 0.3) is 5.69 Å². The number of H-pyrrole nitrogens is 1. The van der Waals surface area contributed by atoms with Crippen molar-refractivity contribution in [1.29, 1.82) is 5.26 Å². The largest absolute Gasteiger partial charge is 0.356 e. The van der Waals surface area contributed by atoms with Crippen molar-refractivity contribution in [3.63, 3.8) is 0 Å². The highest BCUT2D eigenvalue weighted by Crippen LogP contribution is 2.44. The van der Waals surface area contributed by atoms with Crippen LogP contribution in [0.3, 0.4) is 0 Å². The summed E-state index contributed by atoms with van der Waals surface area (Å²) < 4.78 is 18.7. The van der Waals surface area contributed by atoms with Crippen LogP contribution in [0.5, 0.6) is 0 Å². The Morgan fingerprint density at radius 1 is 1.10 bits per heavy atom. The van der Waals surface area contributed by atoms with Gasteiger partial charge in [0, 0.05) is 70.9 Å². The van der Waals surface area contributed by atoms with E-state index in [1.807, 2.05) is 19.1 Å². The number of piperidine rings is 1.